The minimum absolute atomic E-state index is 0.0108. The zero-order chi connectivity index (χ0) is 10.4. The normalized spacial score (nSPS) is 32.3. The van der Waals surface area contributed by atoms with Crippen molar-refractivity contribution in [1.82, 2.24) is 0 Å². The van der Waals surface area contributed by atoms with Crippen molar-refractivity contribution in [2.45, 2.75) is 39.5 Å². The molecule has 14 heavy (non-hydrogen) atoms. The number of rotatable bonds is 0. The molecule has 2 aliphatic heterocycles. The summed E-state index contributed by atoms with van der Waals surface area (Å²) in [4.78, 5) is 0. The van der Waals surface area contributed by atoms with Crippen LogP contribution in [0.4, 0.5) is 0 Å². The first-order valence-corrected chi connectivity index (χ1v) is 4.75. The zero-order valence-electron chi connectivity index (χ0n) is 9.03. The van der Waals surface area contributed by atoms with Crippen LogP contribution in [0.3, 0.4) is 0 Å². The van der Waals surface area contributed by atoms with Crippen molar-refractivity contribution in [2.75, 3.05) is 13.2 Å². The lowest BCUT2D eigenvalue weighted by atomic mass is 9.96. The molecule has 0 saturated carbocycles. The molecular formula is C9H16N2O3. The summed E-state index contributed by atoms with van der Waals surface area (Å²) in [5, 5.41) is 7.85. The maximum absolute atomic E-state index is 5.49. The molecule has 0 bridgehead atoms. The van der Waals surface area contributed by atoms with Crippen molar-refractivity contribution in [3.63, 3.8) is 0 Å². The van der Waals surface area contributed by atoms with Gasteiger partial charge in [-0.15, -0.1) is 0 Å². The molecule has 80 valence electrons. The van der Waals surface area contributed by atoms with E-state index in [1.807, 2.05) is 13.8 Å². The van der Waals surface area contributed by atoms with Crippen LogP contribution in [0.2, 0.25) is 0 Å². The van der Waals surface area contributed by atoms with Crippen molar-refractivity contribution >= 4 is 0 Å². The highest BCUT2D eigenvalue weighted by molar-refractivity contribution is 4.79. The van der Waals surface area contributed by atoms with Crippen molar-refractivity contribution in [3.8, 4) is 0 Å². The van der Waals surface area contributed by atoms with E-state index < -0.39 is 11.8 Å². The van der Waals surface area contributed by atoms with Crippen LogP contribution in [0.25, 0.3) is 0 Å². The second-order valence-corrected chi connectivity index (χ2v) is 5.01. The Morgan fingerprint density at radius 3 is 1.93 bits per heavy atom. The molecule has 1 spiro atoms. The van der Waals surface area contributed by atoms with E-state index in [1.54, 1.807) is 0 Å². The molecule has 5 nitrogen and oxygen atoms in total. The summed E-state index contributed by atoms with van der Waals surface area (Å²) >= 11 is 0. The van der Waals surface area contributed by atoms with Crippen LogP contribution in [0, 0.1) is 5.41 Å². The van der Waals surface area contributed by atoms with Gasteiger partial charge in [-0.1, -0.05) is 19.0 Å². The van der Waals surface area contributed by atoms with Gasteiger partial charge < -0.3 is 9.47 Å². The highest BCUT2D eigenvalue weighted by Crippen LogP contribution is 2.38. The van der Waals surface area contributed by atoms with Crippen LogP contribution in [0.15, 0.2) is 10.2 Å². The lowest BCUT2D eigenvalue weighted by molar-refractivity contribution is -0.419. The number of hydrogen-bond donors (Lipinski definition) is 0. The number of hydrogen-bond acceptors (Lipinski definition) is 5. The summed E-state index contributed by atoms with van der Waals surface area (Å²) < 4.78 is 16.4. The lowest BCUT2D eigenvalue weighted by Crippen LogP contribution is -2.48. The van der Waals surface area contributed by atoms with Gasteiger partial charge in [0.2, 0.25) is 0 Å². The Balaban J connectivity index is 2.06. The standard InChI is InChI=1S/C9H16N2O3/c1-7(2)5-12-9(13-6-7)11-10-8(3,4)14-9/h5-6H2,1-4H3. The van der Waals surface area contributed by atoms with Gasteiger partial charge in [-0.2, -0.15) is 5.11 Å². The van der Waals surface area contributed by atoms with Gasteiger partial charge >= 0.3 is 6.10 Å². The first-order valence-electron chi connectivity index (χ1n) is 4.75. The van der Waals surface area contributed by atoms with Crippen LogP contribution < -0.4 is 0 Å². The summed E-state index contributed by atoms with van der Waals surface area (Å²) in [5.41, 5.74) is -0.641. The summed E-state index contributed by atoms with van der Waals surface area (Å²) in [6.45, 7) is 8.88. The number of ether oxygens (including phenoxy) is 3. The summed E-state index contributed by atoms with van der Waals surface area (Å²) in [6.07, 6.45) is -1.28. The molecule has 1 fully saturated rings. The van der Waals surface area contributed by atoms with Crippen molar-refractivity contribution < 1.29 is 14.2 Å². The third-order valence-electron chi connectivity index (χ3n) is 2.08. The molecule has 0 aromatic heterocycles. The minimum atomic E-state index is -1.28. The molecule has 0 radical (unpaired) electrons. The molecule has 1 saturated heterocycles. The van der Waals surface area contributed by atoms with Gasteiger partial charge in [0.25, 0.3) is 0 Å². The van der Waals surface area contributed by atoms with Crippen molar-refractivity contribution in [1.29, 1.82) is 0 Å². The van der Waals surface area contributed by atoms with E-state index in [0.29, 0.717) is 13.2 Å². The first kappa shape index (κ1) is 10.0. The fraction of sp³-hybridized carbons (Fsp3) is 1.00. The molecule has 0 atom stereocenters. The van der Waals surface area contributed by atoms with E-state index in [0.717, 1.165) is 0 Å². The molecule has 2 heterocycles. The van der Waals surface area contributed by atoms with Crippen LogP contribution >= 0.6 is 0 Å². The molecule has 0 unspecified atom stereocenters. The average Bonchev–Trinajstić information content (AvgIpc) is 2.36. The summed E-state index contributed by atoms with van der Waals surface area (Å²) in [5.74, 6) is 0. The molecule has 0 aromatic carbocycles. The second kappa shape index (κ2) is 2.74. The van der Waals surface area contributed by atoms with Gasteiger partial charge in [0, 0.05) is 5.41 Å². The van der Waals surface area contributed by atoms with Crippen LogP contribution in [-0.4, -0.2) is 25.0 Å². The van der Waals surface area contributed by atoms with Crippen molar-refractivity contribution in [2.24, 2.45) is 15.6 Å². The number of nitrogens with zero attached hydrogens (tertiary/aromatic N) is 2. The Labute approximate surface area is 83.4 Å². The molecule has 0 amide bonds. The van der Waals surface area contributed by atoms with Crippen molar-refractivity contribution in [3.05, 3.63) is 0 Å². The third kappa shape index (κ3) is 1.80. The van der Waals surface area contributed by atoms with Gasteiger partial charge in [-0.05, 0) is 13.8 Å². The Morgan fingerprint density at radius 1 is 0.929 bits per heavy atom. The highest BCUT2D eigenvalue weighted by atomic mass is 16.9. The van der Waals surface area contributed by atoms with E-state index in [1.165, 1.54) is 0 Å². The summed E-state index contributed by atoms with van der Waals surface area (Å²) in [7, 11) is 0. The van der Waals surface area contributed by atoms with Gasteiger partial charge in [-0.3, -0.25) is 4.74 Å². The third-order valence-corrected chi connectivity index (χ3v) is 2.08. The fourth-order valence-corrected chi connectivity index (χ4v) is 1.31. The Morgan fingerprint density at radius 2 is 1.50 bits per heavy atom. The molecule has 0 aliphatic carbocycles. The van der Waals surface area contributed by atoms with E-state index >= 15 is 0 Å². The lowest BCUT2D eigenvalue weighted by Gasteiger charge is -2.38. The molecule has 0 aromatic rings. The average molecular weight is 200 g/mol. The van der Waals surface area contributed by atoms with E-state index in [-0.39, 0.29) is 5.41 Å². The highest BCUT2D eigenvalue weighted by Gasteiger charge is 2.50. The van der Waals surface area contributed by atoms with Crippen LogP contribution in [0.1, 0.15) is 27.7 Å². The fourth-order valence-electron chi connectivity index (χ4n) is 1.31. The Bertz CT molecular complexity index is 263. The Kier molecular flexibility index (Phi) is 1.96. The molecule has 5 heteroatoms. The number of azo groups is 1. The smallest absolute Gasteiger partial charge is 0.306 e. The van der Waals surface area contributed by atoms with E-state index in [4.69, 9.17) is 14.2 Å². The van der Waals surface area contributed by atoms with Gasteiger partial charge in [0.05, 0.1) is 13.2 Å². The van der Waals surface area contributed by atoms with Crippen LogP contribution in [-0.2, 0) is 14.2 Å². The maximum atomic E-state index is 5.49. The summed E-state index contributed by atoms with van der Waals surface area (Å²) in [6, 6.07) is 0. The first-order chi connectivity index (χ1) is 6.33. The SMILES string of the molecule is CC1(C)COC2(N=NC(C)(C)O2)OC1. The largest absolute Gasteiger partial charge is 0.415 e. The van der Waals surface area contributed by atoms with E-state index in [9.17, 15) is 0 Å². The quantitative estimate of drug-likeness (QED) is 0.600. The van der Waals surface area contributed by atoms with Gasteiger partial charge in [-0.25, -0.2) is 0 Å². The second-order valence-electron chi connectivity index (χ2n) is 5.01. The Hall–Kier alpha value is -0.520. The predicted octanol–water partition coefficient (Wildman–Crippen LogP) is 1.89. The predicted molar refractivity (Wildman–Crippen MR) is 48.4 cm³/mol. The van der Waals surface area contributed by atoms with Gasteiger partial charge in [0.15, 0.2) is 5.72 Å². The molecule has 0 N–H and O–H groups in total. The van der Waals surface area contributed by atoms with E-state index in [2.05, 4.69) is 24.1 Å². The molecule has 2 rings (SSSR count). The monoisotopic (exact) mass is 200 g/mol. The molecule has 2 aliphatic rings. The van der Waals surface area contributed by atoms with Crippen LogP contribution in [0.5, 0.6) is 0 Å². The van der Waals surface area contributed by atoms with Gasteiger partial charge in [0.1, 0.15) is 0 Å². The zero-order valence-corrected chi connectivity index (χ0v) is 9.03. The topological polar surface area (TPSA) is 52.4 Å². The minimum Gasteiger partial charge on any atom is -0.306 e. The maximum Gasteiger partial charge on any atom is 0.415 e. The molecular weight excluding hydrogens is 184 g/mol.